The number of hydrogen-bond acceptors (Lipinski definition) is 6. The van der Waals surface area contributed by atoms with Gasteiger partial charge >= 0.3 is 5.97 Å². The number of aliphatic carboxylic acids is 1. The summed E-state index contributed by atoms with van der Waals surface area (Å²) in [5.41, 5.74) is 0.224. The summed E-state index contributed by atoms with van der Waals surface area (Å²) in [7, 11) is 0. The van der Waals surface area contributed by atoms with Gasteiger partial charge < -0.3 is 15.7 Å². The predicted molar refractivity (Wildman–Crippen MR) is 67.6 cm³/mol. The maximum atomic E-state index is 11.5. The van der Waals surface area contributed by atoms with Crippen molar-refractivity contribution in [2.24, 2.45) is 0 Å². The van der Waals surface area contributed by atoms with Crippen LogP contribution in [-0.2, 0) is 4.79 Å². The zero-order valence-electron chi connectivity index (χ0n) is 9.54. The lowest BCUT2D eigenvalue weighted by Gasteiger charge is -2.11. The Labute approximate surface area is 109 Å². The third-order valence-corrected chi connectivity index (χ3v) is 2.44. The molecule has 0 fully saturated rings. The van der Waals surface area contributed by atoms with E-state index in [4.69, 9.17) is 5.11 Å². The maximum Gasteiger partial charge on any atom is 0.321 e. The molecule has 0 aliphatic carbocycles. The third-order valence-electron chi connectivity index (χ3n) is 2.08. The van der Waals surface area contributed by atoms with Gasteiger partial charge in [0.05, 0.1) is 6.20 Å². The molecule has 8 heteroatoms. The zero-order chi connectivity index (χ0) is 13.4. The summed E-state index contributed by atoms with van der Waals surface area (Å²) in [5, 5.41) is 14.1. The highest BCUT2D eigenvalue weighted by Gasteiger charge is 2.14. The number of nitrogens with zero attached hydrogens (tertiary/aromatic N) is 2. The summed E-state index contributed by atoms with van der Waals surface area (Å²) in [5.74, 6) is -1.12. The van der Waals surface area contributed by atoms with Gasteiger partial charge in [0.2, 0.25) is 0 Å². The Morgan fingerprint density at radius 3 is 2.72 bits per heavy atom. The van der Waals surface area contributed by atoms with Crippen molar-refractivity contribution in [2.75, 3.05) is 18.8 Å². The average Bonchev–Trinajstić information content (AvgIpc) is 2.39. The number of carbonyl (C=O) groups is 2. The van der Waals surface area contributed by atoms with Gasteiger partial charge in [-0.25, -0.2) is 4.98 Å². The smallest absolute Gasteiger partial charge is 0.321 e. The van der Waals surface area contributed by atoms with Crippen LogP contribution in [0.15, 0.2) is 18.6 Å². The fourth-order valence-corrected chi connectivity index (χ4v) is 1.44. The Balaban J connectivity index is 2.26. The first-order valence-corrected chi connectivity index (χ1v) is 5.89. The van der Waals surface area contributed by atoms with Crippen molar-refractivity contribution in [1.82, 2.24) is 20.6 Å². The van der Waals surface area contributed by atoms with E-state index in [2.05, 4.69) is 33.2 Å². The van der Waals surface area contributed by atoms with E-state index in [0.717, 1.165) is 0 Å². The first-order valence-electron chi connectivity index (χ1n) is 5.26. The zero-order valence-corrected chi connectivity index (χ0v) is 10.4. The standard InChI is InChI=1S/C10H14N4O3S/c15-9(7-5-11-1-2-12-7)14-4-3-13-8(6-18)10(16)17/h1-2,5,8,13,18H,3-4,6H2,(H,14,15)(H,16,17)/t8-/m1/s1. The maximum absolute atomic E-state index is 11.5. The van der Waals surface area contributed by atoms with Crippen molar-refractivity contribution in [1.29, 1.82) is 0 Å². The third kappa shape index (κ3) is 4.68. The van der Waals surface area contributed by atoms with Crippen LogP contribution in [0.2, 0.25) is 0 Å². The average molecular weight is 270 g/mol. The lowest BCUT2D eigenvalue weighted by atomic mass is 10.3. The molecular weight excluding hydrogens is 256 g/mol. The predicted octanol–water partition coefficient (Wildman–Crippen LogP) is -0.821. The molecule has 18 heavy (non-hydrogen) atoms. The number of hydrogen-bond donors (Lipinski definition) is 4. The molecule has 0 bridgehead atoms. The second kappa shape index (κ2) is 7.62. The SMILES string of the molecule is O=C(NCCN[C@H](CS)C(=O)O)c1cnccn1. The number of carbonyl (C=O) groups excluding carboxylic acids is 1. The molecule has 7 nitrogen and oxygen atoms in total. The monoisotopic (exact) mass is 270 g/mol. The van der Waals surface area contributed by atoms with Crippen molar-refractivity contribution < 1.29 is 14.7 Å². The van der Waals surface area contributed by atoms with Crippen molar-refractivity contribution in [3.8, 4) is 0 Å². The Morgan fingerprint density at radius 1 is 1.39 bits per heavy atom. The molecule has 1 aromatic rings. The highest BCUT2D eigenvalue weighted by molar-refractivity contribution is 7.80. The van der Waals surface area contributed by atoms with E-state index in [9.17, 15) is 9.59 Å². The van der Waals surface area contributed by atoms with Gasteiger partial charge in [0.1, 0.15) is 11.7 Å². The molecule has 0 saturated carbocycles. The fraction of sp³-hybridized carbons (Fsp3) is 0.400. The first-order chi connectivity index (χ1) is 8.65. The lowest BCUT2D eigenvalue weighted by molar-refractivity contribution is -0.138. The van der Waals surface area contributed by atoms with Crippen LogP contribution in [0.3, 0.4) is 0 Å². The lowest BCUT2D eigenvalue weighted by Crippen LogP contribution is -2.42. The highest BCUT2D eigenvalue weighted by Crippen LogP contribution is 1.89. The molecule has 0 saturated heterocycles. The molecule has 1 heterocycles. The first kappa shape index (κ1) is 14.4. The minimum atomic E-state index is -0.967. The number of nitrogens with one attached hydrogen (secondary N) is 2. The van der Waals surface area contributed by atoms with Gasteiger partial charge in [-0.15, -0.1) is 0 Å². The van der Waals surface area contributed by atoms with Gasteiger partial charge in [-0.2, -0.15) is 12.6 Å². The van der Waals surface area contributed by atoms with Gasteiger partial charge in [0.25, 0.3) is 5.91 Å². The van der Waals surface area contributed by atoms with Crippen LogP contribution < -0.4 is 10.6 Å². The summed E-state index contributed by atoms with van der Waals surface area (Å²) in [6.07, 6.45) is 4.26. The van der Waals surface area contributed by atoms with Gasteiger partial charge in [0, 0.05) is 31.2 Å². The highest BCUT2D eigenvalue weighted by atomic mass is 32.1. The van der Waals surface area contributed by atoms with Crippen molar-refractivity contribution >= 4 is 24.5 Å². The van der Waals surface area contributed by atoms with Crippen LogP contribution in [0, 0.1) is 0 Å². The van der Waals surface area contributed by atoms with E-state index >= 15 is 0 Å². The van der Waals surface area contributed by atoms with E-state index < -0.39 is 12.0 Å². The fourth-order valence-electron chi connectivity index (χ4n) is 1.16. The minimum Gasteiger partial charge on any atom is -0.480 e. The second-order valence-corrected chi connectivity index (χ2v) is 3.74. The number of amides is 1. The Bertz CT molecular complexity index is 401. The molecule has 0 aliphatic heterocycles. The Kier molecular flexibility index (Phi) is 6.09. The van der Waals surface area contributed by atoms with Crippen LogP contribution in [-0.4, -0.2) is 51.8 Å². The summed E-state index contributed by atoms with van der Waals surface area (Å²) in [6, 6.07) is -0.721. The molecule has 0 aliphatic rings. The molecule has 1 atom stereocenters. The molecule has 0 spiro atoms. The summed E-state index contributed by atoms with van der Waals surface area (Å²) in [6.45, 7) is 0.635. The van der Waals surface area contributed by atoms with Crippen LogP contribution in [0.5, 0.6) is 0 Å². The number of carboxylic acids is 1. The largest absolute Gasteiger partial charge is 0.480 e. The van der Waals surface area contributed by atoms with Crippen molar-refractivity contribution in [3.05, 3.63) is 24.3 Å². The van der Waals surface area contributed by atoms with Gasteiger partial charge in [-0.05, 0) is 0 Å². The Hall–Kier alpha value is -1.67. The van der Waals surface area contributed by atoms with E-state index in [1.54, 1.807) is 0 Å². The van der Waals surface area contributed by atoms with Crippen LogP contribution in [0.4, 0.5) is 0 Å². The number of rotatable bonds is 7. The summed E-state index contributed by atoms with van der Waals surface area (Å²) < 4.78 is 0. The van der Waals surface area contributed by atoms with E-state index in [1.807, 2.05) is 0 Å². The van der Waals surface area contributed by atoms with Gasteiger partial charge in [-0.3, -0.25) is 14.6 Å². The molecule has 1 rings (SSSR count). The van der Waals surface area contributed by atoms with Crippen LogP contribution in [0.25, 0.3) is 0 Å². The van der Waals surface area contributed by atoms with Crippen LogP contribution >= 0.6 is 12.6 Å². The molecule has 1 amide bonds. The molecular formula is C10H14N4O3S. The molecule has 3 N–H and O–H groups in total. The summed E-state index contributed by atoms with van der Waals surface area (Å²) in [4.78, 5) is 29.8. The second-order valence-electron chi connectivity index (χ2n) is 3.37. The topological polar surface area (TPSA) is 104 Å². The normalized spacial score (nSPS) is 11.8. The quantitative estimate of drug-likeness (QED) is 0.381. The van der Waals surface area contributed by atoms with E-state index in [-0.39, 0.29) is 17.4 Å². The summed E-state index contributed by atoms with van der Waals surface area (Å²) >= 11 is 3.91. The van der Waals surface area contributed by atoms with E-state index in [1.165, 1.54) is 18.6 Å². The van der Waals surface area contributed by atoms with Crippen molar-refractivity contribution in [3.63, 3.8) is 0 Å². The molecule has 0 radical (unpaired) electrons. The Morgan fingerprint density at radius 2 is 2.17 bits per heavy atom. The van der Waals surface area contributed by atoms with Crippen molar-refractivity contribution in [2.45, 2.75) is 6.04 Å². The number of aromatic nitrogens is 2. The molecule has 0 aromatic carbocycles. The van der Waals surface area contributed by atoms with E-state index in [0.29, 0.717) is 13.1 Å². The molecule has 0 unspecified atom stereocenters. The molecule has 98 valence electrons. The van der Waals surface area contributed by atoms with Gasteiger partial charge in [0.15, 0.2) is 0 Å². The molecule has 1 aromatic heterocycles. The number of carboxylic acid groups (broad SMARTS) is 1. The minimum absolute atomic E-state index is 0.188. The van der Waals surface area contributed by atoms with Crippen LogP contribution in [0.1, 0.15) is 10.5 Å². The number of thiol groups is 1. The van der Waals surface area contributed by atoms with Gasteiger partial charge in [-0.1, -0.05) is 0 Å².